The molecule has 19 heavy (non-hydrogen) atoms. The number of hydrogen-bond acceptors (Lipinski definition) is 2. The van der Waals surface area contributed by atoms with Crippen molar-refractivity contribution in [3.8, 4) is 0 Å². The molecule has 0 N–H and O–H groups in total. The molecule has 0 unspecified atom stereocenters. The number of pyridine rings is 1. The zero-order valence-electron chi connectivity index (χ0n) is 11.2. The Morgan fingerprint density at radius 1 is 1.32 bits per heavy atom. The molecule has 100 valence electrons. The van der Waals surface area contributed by atoms with Crippen LogP contribution in [0.25, 0.3) is 0 Å². The van der Waals surface area contributed by atoms with Gasteiger partial charge >= 0.3 is 0 Å². The average Bonchev–Trinajstić information content (AvgIpc) is 3.15. The minimum atomic E-state index is 0.296. The highest BCUT2D eigenvalue weighted by molar-refractivity contribution is 5.77. The van der Waals surface area contributed by atoms with Crippen molar-refractivity contribution in [2.24, 2.45) is 5.92 Å². The van der Waals surface area contributed by atoms with E-state index in [-0.39, 0.29) is 0 Å². The van der Waals surface area contributed by atoms with Crippen LogP contribution in [0.1, 0.15) is 37.8 Å². The Hall–Kier alpha value is -1.64. The van der Waals surface area contributed by atoms with Gasteiger partial charge in [0.05, 0.1) is 12.2 Å². The van der Waals surface area contributed by atoms with E-state index in [1.165, 1.54) is 0 Å². The molecule has 0 spiro atoms. The monoisotopic (exact) mass is 256 g/mol. The summed E-state index contributed by atoms with van der Waals surface area (Å²) in [7, 11) is 0. The smallest absolute Gasteiger partial charge is 0.223 e. The van der Waals surface area contributed by atoms with Gasteiger partial charge in [-0.25, -0.2) is 0 Å². The van der Waals surface area contributed by atoms with Gasteiger partial charge in [0.15, 0.2) is 0 Å². The predicted octanol–water partition coefficient (Wildman–Crippen LogP) is 2.93. The molecule has 0 aromatic carbocycles. The van der Waals surface area contributed by atoms with Crippen LogP contribution in [0.15, 0.2) is 36.5 Å². The van der Waals surface area contributed by atoms with Crippen LogP contribution >= 0.6 is 0 Å². The Labute approximate surface area is 114 Å². The fraction of sp³-hybridized carbons (Fsp3) is 0.500. The Bertz CT molecular complexity index is 465. The van der Waals surface area contributed by atoms with E-state index >= 15 is 0 Å². The molecule has 1 saturated carbocycles. The summed E-state index contributed by atoms with van der Waals surface area (Å²) >= 11 is 0. The molecular formula is C16H20N2O. The molecule has 1 amide bonds. The number of hydrogen-bond donors (Lipinski definition) is 0. The van der Waals surface area contributed by atoms with Crippen LogP contribution in [0.5, 0.6) is 0 Å². The summed E-state index contributed by atoms with van der Waals surface area (Å²) in [5.74, 6) is 0.752. The Morgan fingerprint density at radius 3 is 2.84 bits per heavy atom. The first kappa shape index (κ1) is 12.4. The van der Waals surface area contributed by atoms with Crippen LogP contribution in [-0.2, 0) is 11.3 Å². The third-order valence-electron chi connectivity index (χ3n) is 3.92. The minimum absolute atomic E-state index is 0.296. The number of amides is 1. The molecule has 3 nitrogen and oxygen atoms in total. The molecule has 1 atom stereocenters. The maximum Gasteiger partial charge on any atom is 0.223 e. The van der Waals surface area contributed by atoms with Crippen molar-refractivity contribution in [2.45, 2.75) is 44.7 Å². The first-order valence-electron chi connectivity index (χ1n) is 7.19. The molecule has 0 saturated heterocycles. The highest BCUT2D eigenvalue weighted by Gasteiger charge is 2.33. The van der Waals surface area contributed by atoms with Crippen molar-refractivity contribution < 1.29 is 4.79 Å². The van der Waals surface area contributed by atoms with Crippen LogP contribution in [0.4, 0.5) is 0 Å². The number of allylic oxidation sites excluding steroid dienone is 2. The maximum absolute atomic E-state index is 12.4. The maximum atomic E-state index is 12.4. The topological polar surface area (TPSA) is 33.2 Å². The first-order chi connectivity index (χ1) is 9.33. The Kier molecular flexibility index (Phi) is 3.62. The summed E-state index contributed by atoms with van der Waals surface area (Å²) in [6.07, 6.45) is 11.4. The van der Waals surface area contributed by atoms with E-state index < -0.39 is 0 Å². The van der Waals surface area contributed by atoms with Crippen LogP contribution in [0.2, 0.25) is 0 Å². The number of carbonyl (C=O) groups excluding carboxylic acids is 1. The van der Waals surface area contributed by atoms with Crippen LogP contribution in [0, 0.1) is 5.92 Å². The van der Waals surface area contributed by atoms with Crippen LogP contribution in [0.3, 0.4) is 0 Å². The number of aromatic nitrogens is 1. The second-order valence-electron chi connectivity index (χ2n) is 5.54. The summed E-state index contributed by atoms with van der Waals surface area (Å²) in [6.45, 7) is 0.667. The summed E-state index contributed by atoms with van der Waals surface area (Å²) in [5, 5.41) is 0. The number of rotatable bonds is 5. The van der Waals surface area contributed by atoms with Gasteiger partial charge in [0.2, 0.25) is 5.91 Å². The molecule has 1 aromatic heterocycles. The van der Waals surface area contributed by atoms with Gasteiger partial charge in [0, 0.05) is 18.7 Å². The fourth-order valence-electron chi connectivity index (χ4n) is 2.68. The van der Waals surface area contributed by atoms with E-state index in [9.17, 15) is 4.79 Å². The van der Waals surface area contributed by atoms with Gasteiger partial charge in [-0.2, -0.15) is 0 Å². The largest absolute Gasteiger partial charge is 0.334 e. The van der Waals surface area contributed by atoms with Crippen molar-refractivity contribution in [3.05, 3.63) is 42.2 Å². The Balaban J connectivity index is 1.63. The summed E-state index contributed by atoms with van der Waals surface area (Å²) in [6, 6.07) is 6.35. The van der Waals surface area contributed by atoms with E-state index in [4.69, 9.17) is 0 Å². The summed E-state index contributed by atoms with van der Waals surface area (Å²) in [5.41, 5.74) is 0.990. The molecular weight excluding hydrogens is 236 g/mol. The molecule has 2 aliphatic carbocycles. The van der Waals surface area contributed by atoms with E-state index in [1.807, 2.05) is 23.1 Å². The Morgan fingerprint density at radius 2 is 2.21 bits per heavy atom. The third-order valence-corrected chi connectivity index (χ3v) is 3.92. The van der Waals surface area contributed by atoms with E-state index in [0.717, 1.165) is 31.4 Å². The molecule has 3 heteroatoms. The second-order valence-corrected chi connectivity index (χ2v) is 5.54. The lowest BCUT2D eigenvalue weighted by atomic mass is 10.0. The standard InChI is InChI=1S/C16H20N2O/c19-16(11-13-5-1-2-6-13)18(15-8-9-15)12-14-7-3-4-10-17-14/h1,3-5,7,10,13,15H,2,6,8-9,11-12H2/t13-/m0/s1. The average molecular weight is 256 g/mol. The van der Waals surface area contributed by atoms with Gasteiger partial charge in [0.25, 0.3) is 0 Å². The minimum Gasteiger partial charge on any atom is -0.334 e. The van der Waals surface area contributed by atoms with E-state index in [2.05, 4.69) is 17.1 Å². The highest BCUT2D eigenvalue weighted by atomic mass is 16.2. The van der Waals surface area contributed by atoms with Crippen molar-refractivity contribution in [1.29, 1.82) is 0 Å². The molecule has 1 fully saturated rings. The van der Waals surface area contributed by atoms with Gasteiger partial charge in [-0.05, 0) is 43.7 Å². The van der Waals surface area contributed by atoms with Crippen molar-refractivity contribution >= 4 is 5.91 Å². The van der Waals surface area contributed by atoms with Crippen LogP contribution in [-0.4, -0.2) is 21.8 Å². The molecule has 1 heterocycles. The number of carbonyl (C=O) groups is 1. The zero-order valence-corrected chi connectivity index (χ0v) is 11.2. The quantitative estimate of drug-likeness (QED) is 0.759. The third kappa shape index (κ3) is 3.22. The van der Waals surface area contributed by atoms with Gasteiger partial charge < -0.3 is 4.90 Å². The van der Waals surface area contributed by atoms with E-state index in [0.29, 0.717) is 30.8 Å². The SMILES string of the molecule is O=C(C[C@H]1C=CCC1)N(Cc1ccccn1)C1CC1. The van der Waals surface area contributed by atoms with Crippen molar-refractivity contribution in [3.63, 3.8) is 0 Å². The lowest BCUT2D eigenvalue weighted by Gasteiger charge is -2.23. The zero-order chi connectivity index (χ0) is 13.1. The van der Waals surface area contributed by atoms with Gasteiger partial charge in [-0.3, -0.25) is 9.78 Å². The van der Waals surface area contributed by atoms with Gasteiger partial charge in [-0.15, -0.1) is 0 Å². The molecule has 2 aliphatic rings. The first-order valence-corrected chi connectivity index (χ1v) is 7.19. The normalized spacial score (nSPS) is 21.6. The number of nitrogens with zero attached hydrogens (tertiary/aromatic N) is 2. The molecule has 0 radical (unpaired) electrons. The lowest BCUT2D eigenvalue weighted by molar-refractivity contribution is -0.133. The van der Waals surface area contributed by atoms with Gasteiger partial charge in [-0.1, -0.05) is 18.2 Å². The molecule has 3 rings (SSSR count). The highest BCUT2D eigenvalue weighted by Crippen LogP contribution is 2.30. The van der Waals surface area contributed by atoms with Crippen molar-refractivity contribution in [2.75, 3.05) is 0 Å². The van der Waals surface area contributed by atoms with Gasteiger partial charge in [0.1, 0.15) is 0 Å². The van der Waals surface area contributed by atoms with E-state index in [1.54, 1.807) is 6.20 Å². The summed E-state index contributed by atoms with van der Waals surface area (Å²) < 4.78 is 0. The second kappa shape index (κ2) is 5.55. The predicted molar refractivity (Wildman–Crippen MR) is 74.3 cm³/mol. The van der Waals surface area contributed by atoms with Crippen LogP contribution < -0.4 is 0 Å². The summed E-state index contributed by atoms with van der Waals surface area (Å²) in [4.78, 5) is 18.8. The molecule has 0 aliphatic heterocycles. The fourth-order valence-corrected chi connectivity index (χ4v) is 2.68. The van der Waals surface area contributed by atoms with Crippen molar-refractivity contribution in [1.82, 2.24) is 9.88 Å². The molecule has 0 bridgehead atoms. The molecule has 1 aromatic rings. The lowest BCUT2D eigenvalue weighted by Crippen LogP contribution is -2.33.